The standard InChI is InChI=1S/C22H24O6/c1-12(2)8-9-22(5,28-18(26)10-13(3)4)14-11-17(25)19-15(23)6-7-16(24)20(19)21(14)27/h6-8,10-11,25,27H,9H2,1-5H3/t22-/m1/s1. The van der Waals surface area contributed by atoms with Crippen molar-refractivity contribution < 1.29 is 29.3 Å². The summed E-state index contributed by atoms with van der Waals surface area (Å²) in [7, 11) is 0. The number of hydrogen-bond acceptors (Lipinski definition) is 6. The number of aromatic hydroxyl groups is 2. The van der Waals surface area contributed by atoms with Gasteiger partial charge in [-0.15, -0.1) is 0 Å². The molecule has 0 aromatic heterocycles. The Hall–Kier alpha value is -3.15. The average molecular weight is 384 g/mol. The highest BCUT2D eigenvalue weighted by Crippen LogP contribution is 2.44. The van der Waals surface area contributed by atoms with Gasteiger partial charge in [0.05, 0.1) is 11.1 Å². The van der Waals surface area contributed by atoms with E-state index in [-0.39, 0.29) is 23.1 Å². The van der Waals surface area contributed by atoms with Gasteiger partial charge in [-0.1, -0.05) is 17.2 Å². The summed E-state index contributed by atoms with van der Waals surface area (Å²) in [5.41, 5.74) is -0.175. The van der Waals surface area contributed by atoms with E-state index < -0.39 is 34.6 Å². The minimum atomic E-state index is -1.37. The van der Waals surface area contributed by atoms with Gasteiger partial charge in [0.15, 0.2) is 11.6 Å². The number of phenols is 2. The van der Waals surface area contributed by atoms with Gasteiger partial charge in [0.25, 0.3) is 0 Å². The fraction of sp³-hybridized carbons (Fsp3) is 0.318. The van der Waals surface area contributed by atoms with Crippen LogP contribution in [0.3, 0.4) is 0 Å². The highest BCUT2D eigenvalue weighted by molar-refractivity contribution is 6.24. The van der Waals surface area contributed by atoms with Crippen molar-refractivity contribution in [3.8, 4) is 11.5 Å². The van der Waals surface area contributed by atoms with Crippen LogP contribution in [0.25, 0.3) is 0 Å². The minimum absolute atomic E-state index is 0.0493. The second-order valence-corrected chi connectivity index (χ2v) is 7.46. The Morgan fingerprint density at radius 1 is 1.04 bits per heavy atom. The van der Waals surface area contributed by atoms with E-state index in [9.17, 15) is 24.6 Å². The van der Waals surface area contributed by atoms with Gasteiger partial charge in [0.2, 0.25) is 0 Å². The van der Waals surface area contributed by atoms with Gasteiger partial charge >= 0.3 is 5.97 Å². The van der Waals surface area contributed by atoms with Gasteiger partial charge in [-0.2, -0.15) is 0 Å². The molecular weight excluding hydrogens is 360 g/mol. The third-order valence-corrected chi connectivity index (χ3v) is 4.36. The molecule has 0 fully saturated rings. The molecule has 2 N–H and O–H groups in total. The first kappa shape index (κ1) is 21.2. The van der Waals surface area contributed by atoms with E-state index in [1.54, 1.807) is 20.8 Å². The van der Waals surface area contributed by atoms with Crippen molar-refractivity contribution in [3.63, 3.8) is 0 Å². The van der Waals surface area contributed by atoms with Crippen LogP contribution in [0.2, 0.25) is 0 Å². The summed E-state index contributed by atoms with van der Waals surface area (Å²) < 4.78 is 5.63. The van der Waals surface area contributed by atoms with E-state index in [0.29, 0.717) is 0 Å². The highest BCUT2D eigenvalue weighted by Gasteiger charge is 2.37. The highest BCUT2D eigenvalue weighted by atomic mass is 16.6. The van der Waals surface area contributed by atoms with Crippen LogP contribution in [0.5, 0.6) is 11.5 Å². The smallest absolute Gasteiger partial charge is 0.331 e. The number of esters is 1. The Labute approximate surface area is 163 Å². The summed E-state index contributed by atoms with van der Waals surface area (Å²) in [4.78, 5) is 36.6. The molecule has 1 aromatic carbocycles. The molecule has 1 aliphatic rings. The third-order valence-electron chi connectivity index (χ3n) is 4.36. The molecule has 0 radical (unpaired) electrons. The maximum absolute atomic E-state index is 12.3. The van der Waals surface area contributed by atoms with Gasteiger partial charge < -0.3 is 14.9 Å². The molecule has 1 atom stereocenters. The van der Waals surface area contributed by atoms with E-state index in [1.807, 2.05) is 19.9 Å². The Morgan fingerprint density at radius 2 is 1.61 bits per heavy atom. The molecule has 6 heteroatoms. The molecule has 0 amide bonds. The number of rotatable bonds is 5. The first-order valence-corrected chi connectivity index (χ1v) is 8.83. The number of fused-ring (bicyclic) bond motifs is 1. The monoisotopic (exact) mass is 384 g/mol. The van der Waals surface area contributed by atoms with E-state index in [0.717, 1.165) is 23.3 Å². The Bertz CT molecular complexity index is 940. The van der Waals surface area contributed by atoms with E-state index in [4.69, 9.17) is 4.74 Å². The van der Waals surface area contributed by atoms with Crippen LogP contribution in [0.15, 0.2) is 41.5 Å². The minimum Gasteiger partial charge on any atom is -0.507 e. The van der Waals surface area contributed by atoms with Crippen molar-refractivity contribution in [2.24, 2.45) is 0 Å². The molecular formula is C22H24O6. The van der Waals surface area contributed by atoms with Gasteiger partial charge in [-0.25, -0.2) is 4.79 Å². The molecule has 0 bridgehead atoms. The number of ketones is 2. The van der Waals surface area contributed by atoms with Gasteiger partial charge in [-0.3, -0.25) is 9.59 Å². The van der Waals surface area contributed by atoms with Crippen molar-refractivity contribution in [1.82, 2.24) is 0 Å². The number of allylic oxidation sites excluding steroid dienone is 4. The molecule has 0 spiro atoms. The fourth-order valence-electron chi connectivity index (χ4n) is 2.96. The maximum Gasteiger partial charge on any atom is 0.331 e. The lowest BCUT2D eigenvalue weighted by atomic mass is 9.84. The van der Waals surface area contributed by atoms with Crippen LogP contribution >= 0.6 is 0 Å². The summed E-state index contributed by atoms with van der Waals surface area (Å²) in [6.07, 6.45) is 5.41. The number of carbonyl (C=O) groups excluding carboxylic acids is 3. The number of phenolic OH excluding ortho intramolecular Hbond substituents is 2. The zero-order valence-corrected chi connectivity index (χ0v) is 16.6. The summed E-state index contributed by atoms with van der Waals surface area (Å²) >= 11 is 0. The summed E-state index contributed by atoms with van der Waals surface area (Å²) in [6, 6.07) is 1.17. The average Bonchev–Trinajstić information content (AvgIpc) is 2.57. The van der Waals surface area contributed by atoms with Crippen LogP contribution in [0.1, 0.15) is 67.3 Å². The molecule has 0 aliphatic heterocycles. The Morgan fingerprint density at radius 3 is 2.14 bits per heavy atom. The summed E-state index contributed by atoms with van der Waals surface area (Å²) in [6.45, 7) is 8.81. The second kappa shape index (κ2) is 7.84. The van der Waals surface area contributed by atoms with Crippen molar-refractivity contribution in [3.05, 3.63) is 58.2 Å². The largest absolute Gasteiger partial charge is 0.507 e. The zero-order chi connectivity index (χ0) is 21.2. The zero-order valence-electron chi connectivity index (χ0n) is 16.6. The molecule has 0 unspecified atom stereocenters. The molecule has 0 heterocycles. The molecule has 28 heavy (non-hydrogen) atoms. The first-order chi connectivity index (χ1) is 13.0. The van der Waals surface area contributed by atoms with E-state index >= 15 is 0 Å². The quantitative estimate of drug-likeness (QED) is 0.343. The molecule has 6 nitrogen and oxygen atoms in total. The van der Waals surface area contributed by atoms with Gasteiger partial charge in [0, 0.05) is 18.1 Å². The lowest BCUT2D eigenvalue weighted by Crippen LogP contribution is -2.29. The lowest BCUT2D eigenvalue weighted by Gasteiger charge is -2.31. The second-order valence-electron chi connectivity index (χ2n) is 7.46. The van der Waals surface area contributed by atoms with Crippen LogP contribution in [0, 0.1) is 0 Å². The predicted molar refractivity (Wildman–Crippen MR) is 104 cm³/mol. The molecule has 2 rings (SSSR count). The third kappa shape index (κ3) is 4.22. The van der Waals surface area contributed by atoms with Gasteiger partial charge in [-0.05, 0) is 52.8 Å². The lowest BCUT2D eigenvalue weighted by molar-refractivity contribution is -0.152. The van der Waals surface area contributed by atoms with Crippen LogP contribution in [0.4, 0.5) is 0 Å². The number of ether oxygens (including phenoxy) is 1. The molecule has 148 valence electrons. The van der Waals surface area contributed by atoms with Crippen LogP contribution in [-0.4, -0.2) is 27.7 Å². The summed E-state index contributed by atoms with van der Waals surface area (Å²) in [5.74, 6) is -2.74. The topological polar surface area (TPSA) is 101 Å². The van der Waals surface area contributed by atoms with Crippen LogP contribution in [-0.2, 0) is 15.1 Å². The van der Waals surface area contributed by atoms with Crippen molar-refractivity contribution in [2.45, 2.75) is 46.6 Å². The Balaban J connectivity index is 2.69. The van der Waals surface area contributed by atoms with Crippen molar-refractivity contribution in [2.75, 3.05) is 0 Å². The fourth-order valence-corrected chi connectivity index (χ4v) is 2.96. The van der Waals surface area contributed by atoms with E-state index in [2.05, 4.69) is 0 Å². The van der Waals surface area contributed by atoms with E-state index in [1.165, 1.54) is 12.1 Å². The van der Waals surface area contributed by atoms with Crippen molar-refractivity contribution in [1.29, 1.82) is 0 Å². The predicted octanol–water partition coefficient (Wildman–Crippen LogP) is 4.11. The maximum atomic E-state index is 12.3. The number of benzene rings is 1. The normalized spacial score (nSPS) is 14.8. The molecule has 0 saturated carbocycles. The first-order valence-electron chi connectivity index (χ1n) is 8.83. The van der Waals surface area contributed by atoms with Crippen molar-refractivity contribution >= 4 is 17.5 Å². The number of hydrogen-bond donors (Lipinski definition) is 2. The molecule has 1 aliphatic carbocycles. The molecule has 1 aromatic rings. The Kier molecular flexibility index (Phi) is 5.92. The molecule has 0 saturated heterocycles. The number of carbonyl (C=O) groups is 3. The van der Waals surface area contributed by atoms with Gasteiger partial charge in [0.1, 0.15) is 17.1 Å². The summed E-state index contributed by atoms with van der Waals surface area (Å²) in [5, 5.41) is 21.2. The van der Waals surface area contributed by atoms with Crippen LogP contribution < -0.4 is 0 Å². The SMILES string of the molecule is CC(C)=CC[C@@](C)(OC(=O)C=C(C)C)c1cc(O)c2c(c1O)C(=O)C=CC2=O.